The van der Waals surface area contributed by atoms with Crippen LogP contribution in [0.15, 0.2) is 48.5 Å². The summed E-state index contributed by atoms with van der Waals surface area (Å²) in [4.78, 5) is 12.1. The van der Waals surface area contributed by atoms with Gasteiger partial charge in [-0.15, -0.1) is 0 Å². The molecule has 0 amide bonds. The molecule has 0 unspecified atom stereocenters. The molecule has 3 rings (SSSR count). The molecule has 4 heteroatoms. The van der Waals surface area contributed by atoms with E-state index in [9.17, 15) is 9.90 Å². The van der Waals surface area contributed by atoms with E-state index < -0.39 is 11.4 Å². The zero-order valence-corrected chi connectivity index (χ0v) is 13.8. The van der Waals surface area contributed by atoms with Crippen LogP contribution >= 0.6 is 0 Å². The third kappa shape index (κ3) is 2.96. The predicted molar refractivity (Wildman–Crippen MR) is 91.5 cm³/mol. The molecule has 0 bridgehead atoms. The molecule has 2 aromatic carbocycles. The van der Waals surface area contributed by atoms with Gasteiger partial charge in [-0.2, -0.15) is 0 Å². The Balaban J connectivity index is 1.99. The standard InChI is InChI=1S/C20H22O4/c1-23-17-11-7-10-16(20(19(21)22)12-5-6-13-20)18(17)24-14-15-8-3-2-4-9-15/h2-4,7-11H,5-6,12-14H2,1H3,(H,21,22). The molecule has 1 aliphatic carbocycles. The number of carboxylic acids is 1. The highest BCUT2D eigenvalue weighted by atomic mass is 16.5. The second kappa shape index (κ2) is 6.95. The second-order valence-corrected chi connectivity index (χ2v) is 6.21. The maximum atomic E-state index is 12.1. The summed E-state index contributed by atoms with van der Waals surface area (Å²) < 4.78 is 11.5. The zero-order valence-electron chi connectivity index (χ0n) is 13.8. The molecule has 24 heavy (non-hydrogen) atoms. The van der Waals surface area contributed by atoms with Crippen molar-refractivity contribution in [2.24, 2.45) is 0 Å². The SMILES string of the molecule is COc1cccc(C2(C(=O)O)CCCC2)c1OCc1ccccc1. The van der Waals surface area contributed by atoms with Crippen LogP contribution < -0.4 is 9.47 Å². The van der Waals surface area contributed by atoms with Crippen molar-refractivity contribution in [2.75, 3.05) is 7.11 Å². The van der Waals surface area contributed by atoms with Gasteiger partial charge in [0.05, 0.1) is 12.5 Å². The molecule has 0 saturated heterocycles. The van der Waals surface area contributed by atoms with Crippen molar-refractivity contribution in [3.05, 3.63) is 59.7 Å². The Labute approximate surface area is 142 Å². The molecule has 0 spiro atoms. The minimum absolute atomic E-state index is 0.379. The molecular weight excluding hydrogens is 304 g/mol. The van der Waals surface area contributed by atoms with Gasteiger partial charge in [0, 0.05) is 5.56 Å². The number of methoxy groups -OCH3 is 1. The van der Waals surface area contributed by atoms with Crippen LogP contribution in [0, 0.1) is 0 Å². The Morgan fingerprint density at radius 2 is 1.79 bits per heavy atom. The van der Waals surface area contributed by atoms with E-state index in [2.05, 4.69) is 0 Å². The van der Waals surface area contributed by atoms with Gasteiger partial charge in [0.1, 0.15) is 6.61 Å². The monoisotopic (exact) mass is 326 g/mol. The van der Waals surface area contributed by atoms with Crippen LogP contribution in [0.25, 0.3) is 0 Å². The van der Waals surface area contributed by atoms with Crippen LogP contribution in [0.3, 0.4) is 0 Å². The number of carboxylic acid groups (broad SMARTS) is 1. The van der Waals surface area contributed by atoms with E-state index in [4.69, 9.17) is 9.47 Å². The average Bonchev–Trinajstić information content (AvgIpc) is 3.11. The van der Waals surface area contributed by atoms with E-state index in [-0.39, 0.29) is 0 Å². The van der Waals surface area contributed by atoms with Gasteiger partial charge >= 0.3 is 5.97 Å². The first-order valence-corrected chi connectivity index (χ1v) is 8.25. The Bertz CT molecular complexity index is 703. The highest BCUT2D eigenvalue weighted by Gasteiger charge is 2.45. The van der Waals surface area contributed by atoms with Crippen molar-refractivity contribution >= 4 is 5.97 Å². The van der Waals surface area contributed by atoms with Gasteiger partial charge in [-0.25, -0.2) is 0 Å². The average molecular weight is 326 g/mol. The fraction of sp³-hybridized carbons (Fsp3) is 0.350. The Hall–Kier alpha value is -2.49. The summed E-state index contributed by atoms with van der Waals surface area (Å²) in [5, 5.41) is 9.89. The number of para-hydroxylation sites is 1. The lowest BCUT2D eigenvalue weighted by molar-refractivity contribution is -0.143. The fourth-order valence-electron chi connectivity index (χ4n) is 3.51. The molecule has 2 aromatic rings. The summed E-state index contributed by atoms with van der Waals surface area (Å²) in [7, 11) is 1.58. The van der Waals surface area contributed by atoms with Gasteiger partial charge in [-0.05, 0) is 24.5 Å². The first-order chi connectivity index (χ1) is 11.7. The number of hydrogen-bond acceptors (Lipinski definition) is 3. The summed E-state index contributed by atoms with van der Waals surface area (Å²) in [5.74, 6) is 0.349. The number of ether oxygens (including phenoxy) is 2. The summed E-state index contributed by atoms with van der Waals surface area (Å²) in [5.41, 5.74) is 0.883. The molecule has 1 N–H and O–H groups in total. The first-order valence-electron chi connectivity index (χ1n) is 8.25. The molecule has 1 fully saturated rings. The lowest BCUT2D eigenvalue weighted by Gasteiger charge is -2.27. The minimum atomic E-state index is -0.874. The Morgan fingerprint density at radius 1 is 1.08 bits per heavy atom. The van der Waals surface area contributed by atoms with Crippen LogP contribution in [-0.4, -0.2) is 18.2 Å². The van der Waals surface area contributed by atoms with Crippen molar-refractivity contribution in [1.29, 1.82) is 0 Å². The maximum absolute atomic E-state index is 12.1. The molecule has 126 valence electrons. The summed E-state index contributed by atoms with van der Waals surface area (Å²) >= 11 is 0. The van der Waals surface area contributed by atoms with E-state index in [0.717, 1.165) is 24.0 Å². The Kier molecular flexibility index (Phi) is 4.74. The van der Waals surface area contributed by atoms with Gasteiger partial charge < -0.3 is 14.6 Å². The lowest BCUT2D eigenvalue weighted by Crippen LogP contribution is -2.33. The Morgan fingerprint density at radius 3 is 2.42 bits per heavy atom. The molecule has 4 nitrogen and oxygen atoms in total. The smallest absolute Gasteiger partial charge is 0.314 e. The molecule has 0 aromatic heterocycles. The normalized spacial score (nSPS) is 15.9. The molecule has 1 aliphatic rings. The van der Waals surface area contributed by atoms with Crippen molar-refractivity contribution in [3.8, 4) is 11.5 Å². The van der Waals surface area contributed by atoms with Gasteiger partial charge in [0.15, 0.2) is 11.5 Å². The highest BCUT2D eigenvalue weighted by molar-refractivity contribution is 5.83. The molecule has 0 aliphatic heterocycles. The summed E-state index contributed by atoms with van der Waals surface area (Å²) in [6.45, 7) is 0.379. The van der Waals surface area contributed by atoms with Gasteiger partial charge in [0.2, 0.25) is 0 Å². The minimum Gasteiger partial charge on any atom is -0.493 e. The maximum Gasteiger partial charge on any atom is 0.314 e. The fourth-order valence-corrected chi connectivity index (χ4v) is 3.51. The molecule has 0 atom stereocenters. The molecule has 1 saturated carbocycles. The van der Waals surface area contributed by atoms with Gasteiger partial charge in [-0.1, -0.05) is 55.3 Å². The largest absolute Gasteiger partial charge is 0.493 e. The molecule has 0 radical (unpaired) electrons. The quantitative estimate of drug-likeness (QED) is 0.865. The first kappa shape index (κ1) is 16.4. The van der Waals surface area contributed by atoms with Crippen LogP contribution in [0.5, 0.6) is 11.5 Å². The topological polar surface area (TPSA) is 55.8 Å². The van der Waals surface area contributed by atoms with Crippen molar-refractivity contribution in [2.45, 2.75) is 37.7 Å². The van der Waals surface area contributed by atoms with Crippen LogP contribution in [0.2, 0.25) is 0 Å². The van der Waals surface area contributed by atoms with Gasteiger partial charge in [-0.3, -0.25) is 4.79 Å². The molecular formula is C20H22O4. The summed E-state index contributed by atoms with van der Waals surface area (Å²) in [6, 6.07) is 15.4. The molecule has 0 heterocycles. The summed E-state index contributed by atoms with van der Waals surface area (Å²) in [6.07, 6.45) is 3.11. The van der Waals surface area contributed by atoms with E-state index in [1.54, 1.807) is 7.11 Å². The number of aliphatic carboxylic acids is 1. The number of hydrogen-bond donors (Lipinski definition) is 1. The van der Waals surface area contributed by atoms with E-state index in [1.165, 1.54) is 0 Å². The van der Waals surface area contributed by atoms with Crippen LogP contribution in [0.1, 0.15) is 36.8 Å². The number of rotatable bonds is 6. The van der Waals surface area contributed by atoms with Crippen LogP contribution in [0.4, 0.5) is 0 Å². The third-order valence-electron chi connectivity index (χ3n) is 4.81. The van der Waals surface area contributed by atoms with Crippen molar-refractivity contribution in [1.82, 2.24) is 0 Å². The van der Waals surface area contributed by atoms with E-state index in [0.29, 0.717) is 30.9 Å². The van der Waals surface area contributed by atoms with Crippen molar-refractivity contribution < 1.29 is 19.4 Å². The highest BCUT2D eigenvalue weighted by Crippen LogP contribution is 2.47. The lowest BCUT2D eigenvalue weighted by atomic mass is 9.78. The van der Waals surface area contributed by atoms with E-state index in [1.807, 2.05) is 48.5 Å². The second-order valence-electron chi connectivity index (χ2n) is 6.21. The van der Waals surface area contributed by atoms with Gasteiger partial charge in [0.25, 0.3) is 0 Å². The number of benzene rings is 2. The van der Waals surface area contributed by atoms with Crippen LogP contribution in [-0.2, 0) is 16.8 Å². The van der Waals surface area contributed by atoms with Crippen molar-refractivity contribution in [3.63, 3.8) is 0 Å². The van der Waals surface area contributed by atoms with E-state index >= 15 is 0 Å². The predicted octanol–water partition coefficient (Wildman–Crippen LogP) is 4.17. The number of carbonyl (C=O) groups is 1. The zero-order chi connectivity index (χ0) is 17.0. The third-order valence-corrected chi connectivity index (χ3v) is 4.81.